The summed E-state index contributed by atoms with van der Waals surface area (Å²) in [7, 11) is -3.50. The third kappa shape index (κ3) is 3.30. The standard InChI is InChI=1S/C18H19NO3S/c1-13-7-8-14(2)18(11-13)23(20,21)19-10-9-15-12-22-17-6-4-3-5-16(15)17/h3-8,11-12,19H,9-10H2,1-2H3. The van der Waals surface area contributed by atoms with E-state index >= 15 is 0 Å². The third-order valence-electron chi connectivity index (χ3n) is 3.88. The molecule has 0 fully saturated rings. The molecule has 2 aromatic carbocycles. The number of benzene rings is 2. The first-order valence-corrected chi connectivity index (χ1v) is 8.98. The highest BCUT2D eigenvalue weighted by molar-refractivity contribution is 7.89. The number of sulfonamides is 1. The summed E-state index contributed by atoms with van der Waals surface area (Å²) in [5.74, 6) is 0. The van der Waals surface area contributed by atoms with Gasteiger partial charge in [-0.1, -0.05) is 30.3 Å². The molecule has 120 valence electrons. The van der Waals surface area contributed by atoms with E-state index < -0.39 is 10.0 Å². The molecule has 0 saturated heterocycles. The summed E-state index contributed by atoms with van der Waals surface area (Å²) in [5.41, 5.74) is 3.50. The lowest BCUT2D eigenvalue weighted by atomic mass is 10.1. The van der Waals surface area contributed by atoms with Crippen LogP contribution < -0.4 is 4.72 Å². The molecule has 0 aliphatic carbocycles. The van der Waals surface area contributed by atoms with E-state index in [1.165, 1.54) is 0 Å². The monoisotopic (exact) mass is 329 g/mol. The zero-order valence-electron chi connectivity index (χ0n) is 13.2. The van der Waals surface area contributed by atoms with Gasteiger partial charge in [0.15, 0.2) is 0 Å². The van der Waals surface area contributed by atoms with Gasteiger partial charge < -0.3 is 4.42 Å². The second-order valence-corrected chi connectivity index (χ2v) is 7.41. The van der Waals surface area contributed by atoms with Gasteiger partial charge in [-0.05, 0) is 49.1 Å². The first kappa shape index (κ1) is 15.8. The van der Waals surface area contributed by atoms with Crippen LogP contribution >= 0.6 is 0 Å². The van der Waals surface area contributed by atoms with Crippen molar-refractivity contribution in [3.63, 3.8) is 0 Å². The fraction of sp³-hybridized carbons (Fsp3) is 0.222. The number of rotatable bonds is 5. The van der Waals surface area contributed by atoms with E-state index in [0.29, 0.717) is 17.9 Å². The molecule has 3 aromatic rings. The highest BCUT2D eigenvalue weighted by atomic mass is 32.2. The van der Waals surface area contributed by atoms with E-state index in [2.05, 4.69) is 4.72 Å². The third-order valence-corrected chi connectivity index (χ3v) is 5.48. The van der Waals surface area contributed by atoms with Crippen molar-refractivity contribution in [1.82, 2.24) is 4.72 Å². The average Bonchev–Trinajstić information content (AvgIpc) is 2.93. The van der Waals surface area contributed by atoms with Crippen molar-refractivity contribution in [2.75, 3.05) is 6.54 Å². The van der Waals surface area contributed by atoms with Crippen molar-refractivity contribution in [3.05, 3.63) is 65.4 Å². The maximum atomic E-state index is 12.5. The largest absolute Gasteiger partial charge is 0.464 e. The average molecular weight is 329 g/mol. The Morgan fingerprint density at radius 2 is 1.87 bits per heavy atom. The summed E-state index contributed by atoms with van der Waals surface area (Å²) in [4.78, 5) is 0.342. The van der Waals surface area contributed by atoms with Gasteiger partial charge in [-0.2, -0.15) is 0 Å². The highest BCUT2D eigenvalue weighted by Crippen LogP contribution is 2.21. The van der Waals surface area contributed by atoms with Crippen LogP contribution in [-0.2, 0) is 16.4 Å². The number of furan rings is 1. The molecule has 0 unspecified atom stereocenters. The number of para-hydroxylation sites is 1. The van der Waals surface area contributed by atoms with Crippen LogP contribution in [-0.4, -0.2) is 15.0 Å². The molecule has 1 N–H and O–H groups in total. The predicted molar refractivity (Wildman–Crippen MR) is 91.0 cm³/mol. The van der Waals surface area contributed by atoms with Crippen LogP contribution in [0.1, 0.15) is 16.7 Å². The summed E-state index contributed by atoms with van der Waals surface area (Å²) in [6.07, 6.45) is 2.28. The Morgan fingerprint density at radius 1 is 1.09 bits per heavy atom. The lowest BCUT2D eigenvalue weighted by Gasteiger charge is -2.10. The Bertz CT molecular complexity index is 942. The van der Waals surface area contributed by atoms with Gasteiger partial charge in [-0.15, -0.1) is 0 Å². The number of fused-ring (bicyclic) bond motifs is 1. The molecule has 0 atom stereocenters. The summed E-state index contributed by atoms with van der Waals surface area (Å²) in [6, 6.07) is 13.2. The van der Waals surface area contributed by atoms with Crippen molar-refractivity contribution < 1.29 is 12.8 Å². The number of aryl methyl sites for hydroxylation is 2. The van der Waals surface area contributed by atoms with Crippen LogP contribution in [0.15, 0.2) is 58.0 Å². The van der Waals surface area contributed by atoms with Gasteiger partial charge in [0, 0.05) is 11.9 Å². The quantitative estimate of drug-likeness (QED) is 0.778. The van der Waals surface area contributed by atoms with Crippen LogP contribution in [0.4, 0.5) is 0 Å². The maximum Gasteiger partial charge on any atom is 0.240 e. The first-order valence-electron chi connectivity index (χ1n) is 7.49. The molecule has 23 heavy (non-hydrogen) atoms. The van der Waals surface area contributed by atoms with Crippen molar-refractivity contribution >= 4 is 21.0 Å². The minimum Gasteiger partial charge on any atom is -0.464 e. The van der Waals surface area contributed by atoms with Crippen LogP contribution in [0, 0.1) is 13.8 Å². The Balaban J connectivity index is 1.74. The van der Waals surface area contributed by atoms with Gasteiger partial charge in [-0.3, -0.25) is 0 Å². The van der Waals surface area contributed by atoms with Crippen LogP contribution in [0.5, 0.6) is 0 Å². The number of nitrogens with one attached hydrogen (secondary N) is 1. The molecular formula is C18H19NO3S. The lowest BCUT2D eigenvalue weighted by Crippen LogP contribution is -2.26. The molecular weight excluding hydrogens is 310 g/mol. The minimum absolute atomic E-state index is 0.333. The molecule has 0 amide bonds. The van der Waals surface area contributed by atoms with E-state index in [0.717, 1.165) is 27.7 Å². The Hall–Kier alpha value is -2.11. The predicted octanol–water partition coefficient (Wildman–Crippen LogP) is 3.57. The van der Waals surface area contributed by atoms with Crippen molar-refractivity contribution in [2.45, 2.75) is 25.2 Å². The molecule has 0 spiro atoms. The zero-order valence-corrected chi connectivity index (χ0v) is 14.0. The van der Waals surface area contributed by atoms with E-state index in [9.17, 15) is 8.42 Å². The molecule has 3 rings (SSSR count). The molecule has 1 aromatic heterocycles. The van der Waals surface area contributed by atoms with Crippen molar-refractivity contribution in [3.8, 4) is 0 Å². The summed E-state index contributed by atoms with van der Waals surface area (Å²) < 4.78 is 33.1. The zero-order chi connectivity index (χ0) is 16.4. The fourth-order valence-electron chi connectivity index (χ4n) is 2.62. The molecule has 0 aliphatic heterocycles. The molecule has 0 bridgehead atoms. The molecule has 1 heterocycles. The smallest absolute Gasteiger partial charge is 0.240 e. The van der Waals surface area contributed by atoms with Gasteiger partial charge in [0.25, 0.3) is 0 Å². The van der Waals surface area contributed by atoms with Crippen LogP contribution in [0.25, 0.3) is 11.0 Å². The summed E-state index contributed by atoms with van der Waals surface area (Å²) in [6.45, 7) is 4.02. The Labute approximate surface area is 136 Å². The fourth-order valence-corrected chi connectivity index (χ4v) is 3.98. The maximum absolute atomic E-state index is 12.5. The molecule has 0 aliphatic rings. The van der Waals surface area contributed by atoms with Crippen LogP contribution in [0.2, 0.25) is 0 Å². The van der Waals surface area contributed by atoms with E-state index in [1.807, 2.05) is 43.3 Å². The van der Waals surface area contributed by atoms with Gasteiger partial charge in [0.1, 0.15) is 5.58 Å². The van der Waals surface area contributed by atoms with E-state index in [-0.39, 0.29) is 0 Å². The molecule has 0 radical (unpaired) electrons. The van der Waals surface area contributed by atoms with Gasteiger partial charge in [-0.25, -0.2) is 13.1 Å². The van der Waals surface area contributed by atoms with Crippen molar-refractivity contribution in [2.24, 2.45) is 0 Å². The van der Waals surface area contributed by atoms with E-state index in [1.54, 1.807) is 19.3 Å². The van der Waals surface area contributed by atoms with E-state index in [4.69, 9.17) is 4.42 Å². The molecule has 5 heteroatoms. The topological polar surface area (TPSA) is 59.3 Å². The second-order valence-electron chi connectivity index (χ2n) is 5.67. The first-order chi connectivity index (χ1) is 11.0. The molecule has 4 nitrogen and oxygen atoms in total. The van der Waals surface area contributed by atoms with Crippen molar-refractivity contribution in [1.29, 1.82) is 0 Å². The minimum atomic E-state index is -3.50. The SMILES string of the molecule is Cc1ccc(C)c(S(=O)(=O)NCCc2coc3ccccc23)c1. The van der Waals surface area contributed by atoms with Gasteiger partial charge in [0.05, 0.1) is 11.2 Å². The lowest BCUT2D eigenvalue weighted by molar-refractivity contribution is 0.579. The Kier molecular flexibility index (Phi) is 4.24. The summed E-state index contributed by atoms with van der Waals surface area (Å²) in [5, 5.41) is 1.03. The second kappa shape index (κ2) is 6.18. The number of hydrogen-bond donors (Lipinski definition) is 1. The van der Waals surface area contributed by atoms with Crippen LogP contribution in [0.3, 0.4) is 0 Å². The summed E-state index contributed by atoms with van der Waals surface area (Å²) >= 11 is 0. The van der Waals surface area contributed by atoms with Gasteiger partial charge in [0.2, 0.25) is 10.0 Å². The highest BCUT2D eigenvalue weighted by Gasteiger charge is 2.16. The normalized spacial score (nSPS) is 11.9. The Morgan fingerprint density at radius 3 is 2.70 bits per heavy atom. The van der Waals surface area contributed by atoms with Gasteiger partial charge >= 0.3 is 0 Å². The molecule has 0 saturated carbocycles. The number of hydrogen-bond acceptors (Lipinski definition) is 3.